The van der Waals surface area contributed by atoms with Crippen LogP contribution in [0, 0.1) is 5.82 Å². The Hall–Kier alpha value is -2.59. The van der Waals surface area contributed by atoms with E-state index in [0.29, 0.717) is 62.4 Å². The molecule has 2 aromatic heterocycles. The lowest BCUT2D eigenvalue weighted by Crippen LogP contribution is -2.45. The maximum atomic E-state index is 15.3. The lowest BCUT2D eigenvalue weighted by atomic mass is 10.2. The molecule has 0 aliphatic carbocycles. The fourth-order valence-corrected chi connectivity index (χ4v) is 3.08. The molecule has 0 saturated carbocycles. The van der Waals surface area contributed by atoms with Gasteiger partial charge in [-0.3, -0.25) is 0 Å². The number of nitrogen functional groups attached to an aromatic ring is 1. The number of halogens is 1. The number of morpholine rings is 1. The van der Waals surface area contributed by atoms with Crippen molar-refractivity contribution in [3.05, 3.63) is 18.2 Å². The number of nitrogens with one attached hydrogen (secondary N) is 1. The summed E-state index contributed by atoms with van der Waals surface area (Å²) in [6, 6.07) is 0. The van der Waals surface area contributed by atoms with Gasteiger partial charge in [-0.2, -0.15) is 4.39 Å². The molecule has 0 amide bonds. The summed E-state index contributed by atoms with van der Waals surface area (Å²) in [5.74, 6) is 0.778. The number of nitrogens with two attached hydrogens (primary N) is 1. The average Bonchev–Trinajstić information content (AvgIpc) is 2.70. The molecule has 138 valence electrons. The van der Waals surface area contributed by atoms with E-state index in [2.05, 4.69) is 25.3 Å². The van der Waals surface area contributed by atoms with E-state index < -0.39 is 5.82 Å². The Kier molecular flexibility index (Phi) is 4.76. The molecule has 0 radical (unpaired) electrons. The SMILES string of the molecule is Nc1ncc(-c2nc(N3CCNCC3)c(F)c(N3CCOCC3)n2)cn1. The second-order valence-electron chi connectivity index (χ2n) is 6.17. The number of piperazine rings is 1. The molecule has 2 aliphatic rings. The maximum Gasteiger partial charge on any atom is 0.219 e. The molecule has 2 aliphatic heterocycles. The summed E-state index contributed by atoms with van der Waals surface area (Å²) in [5.41, 5.74) is 6.16. The predicted molar refractivity (Wildman–Crippen MR) is 95.5 cm³/mol. The molecule has 9 nitrogen and oxygen atoms in total. The van der Waals surface area contributed by atoms with E-state index in [0.717, 1.165) is 13.1 Å². The van der Waals surface area contributed by atoms with Crippen molar-refractivity contribution in [2.75, 3.05) is 68.0 Å². The predicted octanol–water partition coefficient (Wildman–Crippen LogP) is -0.0989. The molecule has 26 heavy (non-hydrogen) atoms. The van der Waals surface area contributed by atoms with Crippen LogP contribution in [0.25, 0.3) is 11.4 Å². The fourth-order valence-electron chi connectivity index (χ4n) is 3.08. The highest BCUT2D eigenvalue weighted by molar-refractivity contribution is 5.62. The van der Waals surface area contributed by atoms with E-state index in [-0.39, 0.29) is 5.95 Å². The van der Waals surface area contributed by atoms with Gasteiger partial charge < -0.3 is 25.6 Å². The number of ether oxygens (including phenoxy) is 1. The summed E-state index contributed by atoms with van der Waals surface area (Å²) in [5, 5.41) is 3.27. The van der Waals surface area contributed by atoms with Crippen LogP contribution in [0.5, 0.6) is 0 Å². The first-order chi connectivity index (χ1) is 12.7. The van der Waals surface area contributed by atoms with Crippen LogP contribution in [0.15, 0.2) is 12.4 Å². The topological polar surface area (TPSA) is 105 Å². The summed E-state index contributed by atoms with van der Waals surface area (Å²) >= 11 is 0. The van der Waals surface area contributed by atoms with Gasteiger partial charge in [0.2, 0.25) is 11.8 Å². The Morgan fingerprint density at radius 2 is 1.54 bits per heavy atom. The number of aromatic nitrogens is 4. The van der Waals surface area contributed by atoms with Crippen LogP contribution < -0.4 is 20.9 Å². The molecule has 0 bridgehead atoms. The van der Waals surface area contributed by atoms with Gasteiger partial charge in [-0.1, -0.05) is 0 Å². The minimum atomic E-state index is -0.395. The Morgan fingerprint density at radius 1 is 0.962 bits per heavy atom. The van der Waals surface area contributed by atoms with Crippen molar-refractivity contribution in [3.8, 4) is 11.4 Å². The lowest BCUT2D eigenvalue weighted by Gasteiger charge is -2.32. The van der Waals surface area contributed by atoms with Gasteiger partial charge in [0.1, 0.15) is 0 Å². The molecular weight excluding hydrogens is 339 g/mol. The van der Waals surface area contributed by atoms with E-state index in [4.69, 9.17) is 10.5 Å². The molecule has 0 spiro atoms. The van der Waals surface area contributed by atoms with Gasteiger partial charge in [-0.15, -0.1) is 0 Å². The molecule has 0 unspecified atom stereocenters. The molecule has 4 heterocycles. The number of nitrogens with zero attached hydrogens (tertiary/aromatic N) is 6. The molecule has 0 aromatic carbocycles. The minimum absolute atomic E-state index is 0.173. The van der Waals surface area contributed by atoms with E-state index >= 15 is 4.39 Å². The zero-order valence-corrected chi connectivity index (χ0v) is 14.4. The highest BCUT2D eigenvalue weighted by Gasteiger charge is 2.26. The molecule has 2 saturated heterocycles. The van der Waals surface area contributed by atoms with Gasteiger partial charge in [-0.05, 0) is 0 Å². The van der Waals surface area contributed by atoms with Crippen molar-refractivity contribution < 1.29 is 9.13 Å². The summed E-state index contributed by atoms with van der Waals surface area (Å²) in [6.45, 7) is 5.23. The van der Waals surface area contributed by atoms with Crippen LogP contribution in [-0.4, -0.2) is 72.4 Å². The summed E-state index contributed by atoms with van der Waals surface area (Å²) < 4.78 is 20.7. The molecule has 3 N–H and O–H groups in total. The molecule has 4 rings (SSSR count). The van der Waals surface area contributed by atoms with E-state index in [1.165, 1.54) is 0 Å². The van der Waals surface area contributed by atoms with Crippen molar-refractivity contribution >= 4 is 17.6 Å². The highest BCUT2D eigenvalue weighted by Crippen LogP contribution is 2.29. The van der Waals surface area contributed by atoms with Gasteiger partial charge in [0.25, 0.3) is 0 Å². The van der Waals surface area contributed by atoms with Gasteiger partial charge >= 0.3 is 0 Å². The third-order valence-corrected chi connectivity index (χ3v) is 4.47. The number of hydrogen-bond acceptors (Lipinski definition) is 9. The zero-order valence-electron chi connectivity index (χ0n) is 14.4. The van der Waals surface area contributed by atoms with Crippen LogP contribution in [0.4, 0.5) is 22.0 Å². The second-order valence-corrected chi connectivity index (χ2v) is 6.17. The van der Waals surface area contributed by atoms with Crippen LogP contribution in [0.3, 0.4) is 0 Å². The molecule has 10 heteroatoms. The van der Waals surface area contributed by atoms with Gasteiger partial charge in [0, 0.05) is 51.7 Å². The van der Waals surface area contributed by atoms with Gasteiger partial charge in [0.15, 0.2) is 17.5 Å². The number of anilines is 3. The Morgan fingerprint density at radius 3 is 2.15 bits per heavy atom. The summed E-state index contributed by atoms with van der Waals surface area (Å²) in [6.07, 6.45) is 3.11. The zero-order chi connectivity index (χ0) is 17.9. The van der Waals surface area contributed by atoms with Crippen LogP contribution >= 0.6 is 0 Å². The fraction of sp³-hybridized carbons (Fsp3) is 0.500. The second kappa shape index (κ2) is 7.34. The van der Waals surface area contributed by atoms with Gasteiger partial charge in [0.05, 0.1) is 18.8 Å². The van der Waals surface area contributed by atoms with E-state index in [1.54, 1.807) is 12.4 Å². The first kappa shape index (κ1) is 16.9. The lowest BCUT2D eigenvalue weighted by molar-refractivity contribution is 0.122. The summed E-state index contributed by atoms with van der Waals surface area (Å²) in [4.78, 5) is 20.8. The summed E-state index contributed by atoms with van der Waals surface area (Å²) in [7, 11) is 0. The Balaban J connectivity index is 1.78. The molecule has 0 atom stereocenters. The Labute approximate surface area is 150 Å². The maximum absolute atomic E-state index is 15.3. The normalized spacial score (nSPS) is 18.2. The van der Waals surface area contributed by atoms with Gasteiger partial charge in [-0.25, -0.2) is 19.9 Å². The molecule has 2 aromatic rings. The molecule has 2 fully saturated rings. The number of rotatable bonds is 3. The van der Waals surface area contributed by atoms with E-state index in [1.807, 2.05) is 9.80 Å². The van der Waals surface area contributed by atoms with Crippen LogP contribution in [0.2, 0.25) is 0 Å². The highest BCUT2D eigenvalue weighted by atomic mass is 19.1. The largest absolute Gasteiger partial charge is 0.378 e. The third-order valence-electron chi connectivity index (χ3n) is 4.47. The van der Waals surface area contributed by atoms with Crippen molar-refractivity contribution in [2.45, 2.75) is 0 Å². The van der Waals surface area contributed by atoms with Crippen molar-refractivity contribution in [2.24, 2.45) is 0 Å². The Bertz CT molecular complexity index is 720. The first-order valence-electron chi connectivity index (χ1n) is 8.66. The minimum Gasteiger partial charge on any atom is -0.378 e. The van der Waals surface area contributed by atoms with E-state index in [9.17, 15) is 0 Å². The smallest absolute Gasteiger partial charge is 0.219 e. The molecular formula is C16H21FN8O. The third kappa shape index (κ3) is 3.37. The van der Waals surface area contributed by atoms with Crippen molar-refractivity contribution in [3.63, 3.8) is 0 Å². The van der Waals surface area contributed by atoms with Crippen molar-refractivity contribution in [1.82, 2.24) is 25.3 Å². The van der Waals surface area contributed by atoms with Crippen LogP contribution in [-0.2, 0) is 4.74 Å². The standard InChI is InChI=1S/C16H21FN8O/c17-12-14(24-3-1-19-2-4-24)22-13(11-9-20-16(18)21-10-11)23-15(12)25-5-7-26-8-6-25/h9-10,19H,1-8H2,(H2,18,20,21). The monoisotopic (exact) mass is 360 g/mol. The first-order valence-corrected chi connectivity index (χ1v) is 8.66. The quantitative estimate of drug-likeness (QED) is 0.776. The van der Waals surface area contributed by atoms with Crippen molar-refractivity contribution in [1.29, 1.82) is 0 Å². The average molecular weight is 360 g/mol. The number of hydrogen-bond donors (Lipinski definition) is 2. The van der Waals surface area contributed by atoms with Crippen LogP contribution in [0.1, 0.15) is 0 Å².